The zero-order chi connectivity index (χ0) is 18.9. The van der Waals surface area contributed by atoms with Gasteiger partial charge in [0.05, 0.1) is 17.8 Å². The number of hydrogen-bond donors (Lipinski definition) is 0. The minimum atomic E-state index is -4.59. The molecule has 1 unspecified atom stereocenters. The van der Waals surface area contributed by atoms with E-state index in [-0.39, 0.29) is 42.9 Å². The van der Waals surface area contributed by atoms with Gasteiger partial charge in [-0.25, -0.2) is 0 Å². The molecule has 2 aliphatic heterocycles. The maximum Gasteiger partial charge on any atom is 0.417 e. The van der Waals surface area contributed by atoms with Crippen LogP contribution in [0.1, 0.15) is 35.2 Å². The number of amides is 2. The molecule has 26 heavy (non-hydrogen) atoms. The predicted molar refractivity (Wildman–Crippen MR) is 86.2 cm³/mol. The number of likely N-dealkylation sites (tertiary alicyclic amines) is 2. The van der Waals surface area contributed by atoms with E-state index in [4.69, 9.17) is 0 Å². The molecule has 2 amide bonds. The van der Waals surface area contributed by atoms with Crippen molar-refractivity contribution in [3.8, 4) is 0 Å². The van der Waals surface area contributed by atoms with Gasteiger partial charge < -0.3 is 9.80 Å². The monoisotopic (exact) mass is 372 g/mol. The smallest absolute Gasteiger partial charge is 0.339 e. The van der Waals surface area contributed by atoms with Crippen molar-refractivity contribution >= 4 is 11.8 Å². The van der Waals surface area contributed by atoms with Gasteiger partial charge in [0.2, 0.25) is 5.91 Å². The molecule has 3 rings (SSSR count). The fourth-order valence-corrected chi connectivity index (χ4v) is 3.73. The van der Waals surface area contributed by atoms with Crippen molar-refractivity contribution in [3.05, 3.63) is 35.4 Å². The third kappa shape index (κ3) is 3.68. The lowest BCUT2D eigenvalue weighted by atomic mass is 10.0. The molecule has 8 heteroatoms. The summed E-state index contributed by atoms with van der Waals surface area (Å²) in [7, 11) is 0. The highest BCUT2D eigenvalue weighted by molar-refractivity contribution is 5.96. The van der Waals surface area contributed by atoms with Crippen LogP contribution in [0.15, 0.2) is 24.3 Å². The van der Waals surface area contributed by atoms with E-state index in [1.165, 1.54) is 23.1 Å². The lowest BCUT2D eigenvalue weighted by Crippen LogP contribution is -2.47. The number of alkyl halides is 4. The first-order chi connectivity index (χ1) is 12.3. The van der Waals surface area contributed by atoms with Crippen molar-refractivity contribution in [2.45, 2.75) is 31.5 Å². The number of piperidine rings is 1. The van der Waals surface area contributed by atoms with Gasteiger partial charge in [-0.15, -0.1) is 0 Å². The molecule has 0 saturated carbocycles. The van der Waals surface area contributed by atoms with E-state index in [0.717, 1.165) is 6.07 Å². The second-order valence-electron chi connectivity index (χ2n) is 6.84. The van der Waals surface area contributed by atoms with E-state index in [0.29, 0.717) is 19.4 Å². The summed E-state index contributed by atoms with van der Waals surface area (Å²) in [6.45, 7) is 0.401. The highest BCUT2D eigenvalue weighted by atomic mass is 19.4. The van der Waals surface area contributed by atoms with E-state index in [2.05, 4.69) is 0 Å². The number of rotatable bonds is 3. The highest BCUT2D eigenvalue weighted by Gasteiger charge is 2.39. The summed E-state index contributed by atoms with van der Waals surface area (Å²) in [6, 6.07) is 4.68. The maximum absolute atomic E-state index is 13.1. The number of carbonyl (C=O) groups is 2. The topological polar surface area (TPSA) is 40.6 Å². The third-order valence-corrected chi connectivity index (χ3v) is 5.11. The quantitative estimate of drug-likeness (QED) is 0.765. The first-order valence-corrected chi connectivity index (χ1v) is 8.62. The maximum atomic E-state index is 13.1. The van der Waals surface area contributed by atoms with Gasteiger partial charge >= 0.3 is 6.18 Å². The molecule has 0 bridgehead atoms. The Morgan fingerprint density at radius 1 is 1.15 bits per heavy atom. The Labute approximate surface area is 148 Å². The Morgan fingerprint density at radius 3 is 2.38 bits per heavy atom. The van der Waals surface area contributed by atoms with Gasteiger partial charge in [-0.1, -0.05) is 12.1 Å². The normalized spacial score (nSPS) is 22.2. The van der Waals surface area contributed by atoms with E-state index in [1.807, 2.05) is 0 Å². The van der Waals surface area contributed by atoms with Gasteiger partial charge in [-0.2, -0.15) is 13.2 Å². The molecule has 2 saturated heterocycles. The van der Waals surface area contributed by atoms with Crippen LogP contribution in [0.3, 0.4) is 0 Å². The van der Waals surface area contributed by atoms with E-state index in [9.17, 15) is 27.2 Å². The molecule has 142 valence electrons. The molecule has 0 spiro atoms. The van der Waals surface area contributed by atoms with Gasteiger partial charge in [0, 0.05) is 38.0 Å². The second-order valence-corrected chi connectivity index (χ2v) is 6.84. The van der Waals surface area contributed by atoms with E-state index in [1.54, 1.807) is 4.90 Å². The van der Waals surface area contributed by atoms with Crippen LogP contribution in [0.4, 0.5) is 17.6 Å². The van der Waals surface area contributed by atoms with Gasteiger partial charge in [-0.05, 0) is 25.0 Å². The summed E-state index contributed by atoms with van der Waals surface area (Å²) in [5.41, 5.74) is -1.29. The predicted octanol–water partition coefficient (Wildman–Crippen LogP) is 3.13. The van der Waals surface area contributed by atoms with E-state index >= 15 is 0 Å². The Hall–Kier alpha value is -2.12. The molecule has 2 heterocycles. The van der Waals surface area contributed by atoms with Gasteiger partial charge in [-0.3, -0.25) is 14.0 Å². The molecule has 2 fully saturated rings. The van der Waals surface area contributed by atoms with Crippen LogP contribution >= 0.6 is 0 Å². The molecule has 0 aliphatic carbocycles. The average Bonchev–Trinajstić information content (AvgIpc) is 3.01. The van der Waals surface area contributed by atoms with Crippen molar-refractivity contribution < 1.29 is 27.2 Å². The van der Waals surface area contributed by atoms with Gasteiger partial charge in [0.25, 0.3) is 5.91 Å². The lowest BCUT2D eigenvalue weighted by Gasteiger charge is -2.37. The van der Waals surface area contributed by atoms with E-state index < -0.39 is 24.3 Å². The van der Waals surface area contributed by atoms with Gasteiger partial charge in [0.15, 0.2) is 0 Å². The Bertz CT molecular complexity index is 684. The van der Waals surface area contributed by atoms with Crippen LogP contribution in [-0.2, 0) is 11.0 Å². The minimum Gasteiger partial charge on any atom is -0.339 e. The Kier molecular flexibility index (Phi) is 5.20. The molecule has 2 aliphatic rings. The van der Waals surface area contributed by atoms with Crippen molar-refractivity contribution in [2.24, 2.45) is 5.92 Å². The molecule has 0 aromatic heterocycles. The van der Waals surface area contributed by atoms with Crippen LogP contribution in [-0.4, -0.2) is 54.0 Å². The summed E-state index contributed by atoms with van der Waals surface area (Å²) in [5, 5.41) is 0. The molecule has 4 nitrogen and oxygen atoms in total. The zero-order valence-electron chi connectivity index (χ0n) is 14.1. The summed E-state index contributed by atoms with van der Waals surface area (Å²) in [6.07, 6.45) is -3.40. The minimum absolute atomic E-state index is 0.0824. The third-order valence-electron chi connectivity index (χ3n) is 5.11. The van der Waals surface area contributed by atoms with Crippen LogP contribution in [0.2, 0.25) is 0 Å². The van der Waals surface area contributed by atoms with Gasteiger partial charge in [0.1, 0.15) is 0 Å². The Morgan fingerprint density at radius 2 is 1.81 bits per heavy atom. The lowest BCUT2D eigenvalue weighted by molar-refractivity contribution is -0.138. The summed E-state index contributed by atoms with van der Waals surface area (Å²) < 4.78 is 52.1. The largest absolute Gasteiger partial charge is 0.417 e. The number of carbonyl (C=O) groups excluding carboxylic acids is 2. The van der Waals surface area contributed by atoms with Crippen molar-refractivity contribution in [2.75, 3.05) is 26.3 Å². The molecule has 1 aromatic carbocycles. The SMILES string of the molecule is O=C(c1ccccc1C(F)(F)F)N1CCC(N2CC(CF)CC2=O)CC1. The summed E-state index contributed by atoms with van der Waals surface area (Å²) in [4.78, 5) is 27.6. The highest BCUT2D eigenvalue weighted by Crippen LogP contribution is 2.33. The fourth-order valence-electron chi connectivity index (χ4n) is 3.73. The Balaban J connectivity index is 1.66. The van der Waals surface area contributed by atoms with Crippen LogP contribution in [0.25, 0.3) is 0 Å². The standard InChI is InChI=1S/C18H20F4N2O2/c19-10-12-9-16(25)24(11-12)13-5-7-23(8-6-13)17(26)14-3-1-2-4-15(14)18(20,21)22/h1-4,12-13H,5-11H2. The zero-order valence-corrected chi connectivity index (χ0v) is 14.1. The van der Waals surface area contributed by atoms with Crippen molar-refractivity contribution in [1.82, 2.24) is 9.80 Å². The van der Waals surface area contributed by atoms with Crippen molar-refractivity contribution in [3.63, 3.8) is 0 Å². The summed E-state index contributed by atoms with van der Waals surface area (Å²) >= 11 is 0. The molecular formula is C18H20F4N2O2. The number of benzene rings is 1. The molecule has 1 atom stereocenters. The molecule has 0 radical (unpaired) electrons. The summed E-state index contributed by atoms with van der Waals surface area (Å²) in [5.74, 6) is -1.01. The van der Waals surface area contributed by atoms with Crippen LogP contribution in [0.5, 0.6) is 0 Å². The van der Waals surface area contributed by atoms with Crippen LogP contribution in [0, 0.1) is 5.92 Å². The number of halogens is 4. The number of hydrogen-bond acceptors (Lipinski definition) is 2. The molecule has 1 aromatic rings. The average molecular weight is 372 g/mol. The molecular weight excluding hydrogens is 352 g/mol. The number of nitrogens with zero attached hydrogens (tertiary/aromatic N) is 2. The fraction of sp³-hybridized carbons (Fsp3) is 0.556. The van der Waals surface area contributed by atoms with Crippen LogP contribution < -0.4 is 0 Å². The second kappa shape index (κ2) is 7.25. The first kappa shape index (κ1) is 18.7. The molecule has 0 N–H and O–H groups in total. The first-order valence-electron chi connectivity index (χ1n) is 8.62. The van der Waals surface area contributed by atoms with Crippen molar-refractivity contribution in [1.29, 1.82) is 0 Å².